The largest absolute Gasteiger partial charge is 0.508 e. The number of fused-ring (bicyclic) bond motifs is 5. The number of methoxy groups -OCH3 is 3. The summed E-state index contributed by atoms with van der Waals surface area (Å²) in [5.41, 5.74) is 0.114. The molecule has 3 bridgehead atoms. The number of rotatable bonds is 6. The Balaban J connectivity index is 1.50. The van der Waals surface area contributed by atoms with Crippen molar-refractivity contribution >= 4 is 11.4 Å². The smallest absolute Gasteiger partial charge is 0.201 e. The van der Waals surface area contributed by atoms with Crippen LogP contribution in [0.4, 0.5) is 0 Å². The molecule has 5 atom stereocenters. The molecule has 0 unspecified atom stereocenters. The van der Waals surface area contributed by atoms with Crippen LogP contribution in [-0.4, -0.2) is 64.4 Å². The Morgan fingerprint density at radius 3 is 2.37 bits per heavy atom. The van der Waals surface area contributed by atoms with Crippen molar-refractivity contribution in [2.45, 2.75) is 36.1 Å². The number of hydrogen-bond acceptors (Lipinski definition) is 10. The number of phenols is 4. The zero-order chi connectivity index (χ0) is 30.4. The van der Waals surface area contributed by atoms with E-state index in [0.29, 0.717) is 34.4 Å². The van der Waals surface area contributed by atoms with Crippen molar-refractivity contribution in [1.82, 2.24) is 0 Å². The molecule has 0 saturated carbocycles. The monoisotopic (exact) mass is 586 g/mol. The molecule has 10 nitrogen and oxygen atoms in total. The van der Waals surface area contributed by atoms with Crippen LogP contribution in [0.25, 0.3) is 5.57 Å². The van der Waals surface area contributed by atoms with E-state index in [4.69, 9.17) is 18.9 Å². The second kappa shape index (κ2) is 9.16. The number of benzene rings is 3. The maximum atomic E-state index is 13.6. The molecule has 1 saturated heterocycles. The molecule has 43 heavy (non-hydrogen) atoms. The van der Waals surface area contributed by atoms with Gasteiger partial charge in [-0.3, -0.25) is 4.79 Å². The van der Waals surface area contributed by atoms with Gasteiger partial charge in [-0.05, 0) is 76.7 Å². The van der Waals surface area contributed by atoms with Gasteiger partial charge in [-0.15, -0.1) is 0 Å². The molecule has 0 amide bonds. The molecular formula is C33H30O10. The Kier molecular flexibility index (Phi) is 5.79. The minimum Gasteiger partial charge on any atom is -0.508 e. The highest BCUT2D eigenvalue weighted by Gasteiger charge is 2.68. The van der Waals surface area contributed by atoms with Gasteiger partial charge in [0.2, 0.25) is 5.75 Å². The van der Waals surface area contributed by atoms with Crippen LogP contribution < -0.4 is 14.2 Å². The Hall–Kier alpha value is -4.67. The van der Waals surface area contributed by atoms with E-state index in [0.717, 1.165) is 5.56 Å². The number of carbonyl (C=O) groups is 1. The number of phenolic OH excluding ortho intramolecular Hbond substituents is 4. The summed E-state index contributed by atoms with van der Waals surface area (Å²) in [7, 11) is 4.39. The van der Waals surface area contributed by atoms with Crippen LogP contribution in [-0.2, 0) is 21.6 Å². The first-order valence-corrected chi connectivity index (χ1v) is 13.8. The average Bonchev–Trinajstić information content (AvgIpc) is 3.24. The van der Waals surface area contributed by atoms with Gasteiger partial charge in [0.05, 0.1) is 27.4 Å². The maximum absolute atomic E-state index is 13.6. The number of ketones is 1. The summed E-state index contributed by atoms with van der Waals surface area (Å²) >= 11 is 0. The normalized spacial score (nSPS) is 28.1. The second-order valence-electron chi connectivity index (χ2n) is 11.5. The summed E-state index contributed by atoms with van der Waals surface area (Å²) in [6.07, 6.45) is 2.91. The van der Waals surface area contributed by atoms with Gasteiger partial charge in [-0.25, -0.2) is 0 Å². The van der Waals surface area contributed by atoms with Crippen LogP contribution in [0.1, 0.15) is 34.6 Å². The molecule has 2 heterocycles. The minimum absolute atomic E-state index is 0.0455. The third kappa shape index (κ3) is 3.56. The highest BCUT2D eigenvalue weighted by Crippen LogP contribution is 2.67. The molecule has 3 aromatic rings. The van der Waals surface area contributed by atoms with Crippen LogP contribution >= 0.6 is 0 Å². The third-order valence-corrected chi connectivity index (χ3v) is 9.46. The highest BCUT2D eigenvalue weighted by atomic mass is 16.5. The number of aliphatic hydroxyl groups is 1. The lowest BCUT2D eigenvalue weighted by Crippen LogP contribution is -2.56. The van der Waals surface area contributed by atoms with Crippen LogP contribution in [0.15, 0.2) is 60.2 Å². The molecule has 4 aliphatic rings. The molecule has 222 valence electrons. The van der Waals surface area contributed by atoms with Crippen molar-refractivity contribution in [2.75, 3.05) is 21.3 Å². The van der Waals surface area contributed by atoms with E-state index in [2.05, 4.69) is 0 Å². The molecule has 5 N–H and O–H groups in total. The minimum atomic E-state index is -1.97. The van der Waals surface area contributed by atoms with E-state index in [-0.39, 0.29) is 46.6 Å². The molecule has 7 rings (SSSR count). The number of carbonyl (C=O) groups excluding carboxylic acids is 1. The van der Waals surface area contributed by atoms with Crippen molar-refractivity contribution in [3.05, 3.63) is 82.4 Å². The first-order valence-electron chi connectivity index (χ1n) is 13.8. The zero-order valence-corrected chi connectivity index (χ0v) is 23.6. The van der Waals surface area contributed by atoms with Gasteiger partial charge in [0, 0.05) is 29.9 Å². The van der Waals surface area contributed by atoms with Crippen molar-refractivity contribution < 1.29 is 49.3 Å². The quantitative estimate of drug-likeness (QED) is 0.269. The maximum Gasteiger partial charge on any atom is 0.201 e. The average molecular weight is 587 g/mol. The number of hydrogen-bond donors (Lipinski definition) is 5. The third-order valence-electron chi connectivity index (χ3n) is 9.46. The van der Waals surface area contributed by atoms with Crippen LogP contribution in [0, 0.1) is 5.92 Å². The van der Waals surface area contributed by atoms with Gasteiger partial charge >= 0.3 is 0 Å². The van der Waals surface area contributed by atoms with Crippen molar-refractivity contribution in [2.24, 2.45) is 5.92 Å². The standard InChI is InChI=1S/C33H30O10/c1-40-25-7-6-18(31(42-3)29(25)38)19-9-16-10-27(37)32(39)14-33(16)28(20-12-23(35)24(36)13-22(20)32)21(30(19)43-33)8-15-4-5-17(34)11-26(15)41-2/h4-7,9-13,21,28,30,34-36,38-39H,8,14H2,1-3H3/t21-,28-,30-,32-,33-/m1/s1. The van der Waals surface area contributed by atoms with Gasteiger partial charge < -0.3 is 44.5 Å². The Bertz CT molecular complexity index is 1770. The van der Waals surface area contributed by atoms with Crippen molar-refractivity contribution in [1.29, 1.82) is 0 Å². The van der Waals surface area contributed by atoms with Crippen LogP contribution in [0.5, 0.6) is 40.2 Å². The van der Waals surface area contributed by atoms with Gasteiger partial charge in [0.1, 0.15) is 17.1 Å². The fraction of sp³-hybridized carbons (Fsp3) is 0.303. The fourth-order valence-corrected chi connectivity index (χ4v) is 7.65. The molecule has 2 aliphatic heterocycles. The summed E-state index contributed by atoms with van der Waals surface area (Å²) in [5, 5.41) is 54.0. The first kappa shape index (κ1) is 27.2. The van der Waals surface area contributed by atoms with Gasteiger partial charge in [-0.1, -0.05) is 6.07 Å². The number of ether oxygens (including phenoxy) is 4. The van der Waals surface area contributed by atoms with E-state index in [1.165, 1.54) is 45.6 Å². The molecule has 3 aromatic carbocycles. The predicted molar refractivity (Wildman–Crippen MR) is 153 cm³/mol. The van der Waals surface area contributed by atoms with Crippen molar-refractivity contribution in [3.63, 3.8) is 0 Å². The highest BCUT2D eigenvalue weighted by molar-refractivity contribution is 6.02. The van der Waals surface area contributed by atoms with E-state index in [1.807, 2.05) is 6.08 Å². The van der Waals surface area contributed by atoms with E-state index < -0.39 is 34.8 Å². The predicted octanol–water partition coefficient (Wildman–Crippen LogP) is 3.81. The van der Waals surface area contributed by atoms with Crippen LogP contribution in [0.2, 0.25) is 0 Å². The molecular weight excluding hydrogens is 556 g/mol. The zero-order valence-electron chi connectivity index (χ0n) is 23.6. The summed E-state index contributed by atoms with van der Waals surface area (Å²) in [4.78, 5) is 13.6. The Labute approximate surface area is 246 Å². The summed E-state index contributed by atoms with van der Waals surface area (Å²) in [5.74, 6) is -1.52. The molecule has 2 aliphatic carbocycles. The van der Waals surface area contributed by atoms with E-state index in [1.54, 1.807) is 24.3 Å². The summed E-state index contributed by atoms with van der Waals surface area (Å²) in [6, 6.07) is 10.9. The van der Waals surface area contributed by atoms with Crippen LogP contribution in [0.3, 0.4) is 0 Å². The topological polar surface area (TPSA) is 155 Å². The fourth-order valence-electron chi connectivity index (χ4n) is 7.65. The SMILES string of the molecule is COc1cc(O)ccc1C[C@H]1[C@@H]2O[C@]34C[C@](O)(C(=O)C=C3C=C2c2ccc(OC)c(O)c2OC)c2cc(O)c(O)cc2[C@H]14. The lowest BCUT2D eigenvalue weighted by molar-refractivity contribution is -0.148. The molecule has 0 radical (unpaired) electrons. The number of aromatic hydroxyl groups is 4. The van der Waals surface area contributed by atoms with Crippen molar-refractivity contribution in [3.8, 4) is 40.2 Å². The molecule has 1 spiro atoms. The summed E-state index contributed by atoms with van der Waals surface area (Å²) in [6.45, 7) is 0. The lowest BCUT2D eigenvalue weighted by Gasteiger charge is -2.51. The van der Waals surface area contributed by atoms with E-state index in [9.17, 15) is 30.3 Å². The second-order valence-corrected chi connectivity index (χ2v) is 11.5. The van der Waals surface area contributed by atoms with Gasteiger partial charge in [0.15, 0.2) is 34.4 Å². The van der Waals surface area contributed by atoms with Gasteiger partial charge in [-0.2, -0.15) is 0 Å². The molecule has 0 aromatic heterocycles. The Morgan fingerprint density at radius 1 is 0.907 bits per heavy atom. The summed E-state index contributed by atoms with van der Waals surface area (Å²) < 4.78 is 23.5. The molecule has 10 heteroatoms. The van der Waals surface area contributed by atoms with Gasteiger partial charge in [0.25, 0.3) is 0 Å². The Morgan fingerprint density at radius 2 is 1.65 bits per heavy atom. The van der Waals surface area contributed by atoms with E-state index >= 15 is 0 Å². The first-order chi connectivity index (χ1) is 20.6. The lowest BCUT2D eigenvalue weighted by atomic mass is 9.56. The molecule has 1 fully saturated rings.